The van der Waals surface area contributed by atoms with Crippen LogP contribution in [0.1, 0.15) is 17.7 Å². The number of methoxy groups -OCH3 is 1. The molecule has 4 rings (SSSR count). The van der Waals surface area contributed by atoms with Gasteiger partial charge < -0.3 is 25.8 Å². The molecule has 11 heteroatoms. The number of nitrogens with one attached hydrogen (secondary N) is 2. The van der Waals surface area contributed by atoms with Crippen LogP contribution < -0.4 is 25.8 Å². The maximum atomic E-state index is 13.1. The van der Waals surface area contributed by atoms with Crippen molar-refractivity contribution in [2.75, 3.05) is 18.2 Å². The molecule has 0 aliphatic heterocycles. The molecule has 1 aromatic carbocycles. The number of hydrogen-bond donors (Lipinski definition) is 3. The number of urea groups is 1. The monoisotopic (exact) mass is 497 g/mol. The Balaban J connectivity index is 1.58. The minimum absolute atomic E-state index is 0.0779. The van der Waals surface area contributed by atoms with Crippen LogP contribution in [0.5, 0.6) is 11.6 Å². The molecule has 1 aromatic heterocycles. The molecule has 2 aromatic rings. The fourth-order valence-corrected chi connectivity index (χ4v) is 3.60. The molecule has 0 spiro atoms. The number of ether oxygens (including phenoxy) is 2. The fraction of sp³-hybridized carbons (Fsp3) is 0.160. The van der Waals surface area contributed by atoms with Gasteiger partial charge in [0, 0.05) is 23.9 Å². The molecule has 2 bridgehead atoms. The molecule has 1 heterocycles. The first kappa shape index (κ1) is 24.6. The lowest BCUT2D eigenvalue weighted by Gasteiger charge is -2.16. The lowest BCUT2D eigenvalue weighted by molar-refractivity contribution is -0.137. The number of amides is 2. The van der Waals surface area contributed by atoms with Crippen LogP contribution in [0.15, 0.2) is 83.3 Å². The van der Waals surface area contributed by atoms with Gasteiger partial charge in [-0.05, 0) is 48.4 Å². The average molecular weight is 497 g/mol. The summed E-state index contributed by atoms with van der Waals surface area (Å²) in [4.78, 5) is 20.9. The Morgan fingerprint density at radius 1 is 1.03 bits per heavy atom. The second-order valence-electron chi connectivity index (χ2n) is 7.86. The van der Waals surface area contributed by atoms with Crippen LogP contribution in [-0.4, -0.2) is 23.1 Å². The number of rotatable bonds is 5. The van der Waals surface area contributed by atoms with Crippen molar-refractivity contribution in [3.05, 3.63) is 94.6 Å². The second-order valence-corrected chi connectivity index (χ2v) is 7.86. The number of allylic oxidation sites excluding steroid dienone is 8. The summed E-state index contributed by atoms with van der Waals surface area (Å²) in [5, 5.41) is 5.14. The Hall–Kier alpha value is -4.54. The van der Waals surface area contributed by atoms with E-state index < -0.39 is 17.8 Å². The maximum Gasteiger partial charge on any atom is 0.416 e. The molecule has 4 N–H and O–H groups in total. The lowest BCUT2D eigenvalue weighted by Crippen LogP contribution is -2.29. The summed E-state index contributed by atoms with van der Waals surface area (Å²) in [6, 6.07) is 3.74. The third-order valence-electron chi connectivity index (χ3n) is 5.24. The number of halogens is 3. The molecule has 8 nitrogen and oxygen atoms in total. The predicted molar refractivity (Wildman–Crippen MR) is 128 cm³/mol. The van der Waals surface area contributed by atoms with Crippen LogP contribution in [0.25, 0.3) is 0 Å². The largest absolute Gasteiger partial charge is 0.495 e. The van der Waals surface area contributed by atoms with Crippen LogP contribution in [0.2, 0.25) is 0 Å². The summed E-state index contributed by atoms with van der Waals surface area (Å²) < 4.78 is 50.5. The number of carbonyl (C=O) groups excluding carboxylic acids is 1. The topological polar surface area (TPSA) is 111 Å². The maximum absolute atomic E-state index is 13.1. The third kappa shape index (κ3) is 5.74. The fourth-order valence-electron chi connectivity index (χ4n) is 3.60. The molecule has 0 fully saturated rings. The van der Waals surface area contributed by atoms with Gasteiger partial charge in [-0.3, -0.25) is 0 Å². The summed E-state index contributed by atoms with van der Waals surface area (Å²) in [7, 11) is 1.30. The van der Waals surface area contributed by atoms with Gasteiger partial charge in [-0.25, -0.2) is 9.78 Å². The minimum Gasteiger partial charge on any atom is -0.495 e. The SMILES string of the molecule is COc1ccc(C(F)(F)F)cc1NC(=O)NC1=CC=C(Oc2cc(C)nc(N)n2)C2=CC=CC=C1C2. The Kier molecular flexibility index (Phi) is 6.82. The summed E-state index contributed by atoms with van der Waals surface area (Å²) in [5.41, 5.74) is 7.34. The number of carbonyl (C=O) groups is 1. The van der Waals surface area contributed by atoms with E-state index in [4.69, 9.17) is 15.2 Å². The van der Waals surface area contributed by atoms with Gasteiger partial charge in [0.05, 0.1) is 18.4 Å². The molecule has 36 heavy (non-hydrogen) atoms. The molecule has 0 unspecified atom stereocenters. The summed E-state index contributed by atoms with van der Waals surface area (Å²) in [6.07, 6.45) is 6.48. The number of fused-ring (bicyclic) bond motifs is 2. The molecule has 0 atom stereocenters. The molecule has 2 aliphatic rings. The van der Waals surface area contributed by atoms with E-state index in [2.05, 4.69) is 20.6 Å². The van der Waals surface area contributed by atoms with Crippen molar-refractivity contribution >= 4 is 17.7 Å². The zero-order chi connectivity index (χ0) is 25.9. The highest BCUT2D eigenvalue weighted by molar-refractivity contribution is 5.92. The molecule has 0 radical (unpaired) electrons. The summed E-state index contributed by atoms with van der Waals surface area (Å²) in [6.45, 7) is 1.76. The number of benzene rings is 1. The van der Waals surface area contributed by atoms with Crippen molar-refractivity contribution in [1.82, 2.24) is 15.3 Å². The zero-order valence-corrected chi connectivity index (χ0v) is 19.3. The molecule has 186 valence electrons. The number of hydrogen-bond acceptors (Lipinski definition) is 6. The Morgan fingerprint density at radius 3 is 2.47 bits per heavy atom. The standard InChI is InChI=1S/C25H22F3N5O3/c1-14-11-22(33-23(29)30-14)36-20-10-8-18(15-5-3-4-6-16(20)12-15)31-24(34)32-19-13-17(25(26,27)28)7-9-21(19)35-2/h3-11,13H,12H2,1-2H3,(H2,29,30,33)(H2,31,32,34). The number of alkyl halides is 3. The number of nitrogen functional groups attached to an aromatic ring is 1. The van der Waals surface area contributed by atoms with Crippen molar-refractivity contribution in [2.45, 2.75) is 19.5 Å². The highest BCUT2D eigenvalue weighted by Crippen LogP contribution is 2.35. The molecule has 0 saturated heterocycles. The summed E-state index contributed by atoms with van der Waals surface area (Å²) in [5.74, 6) is 0.922. The number of aryl methyl sites for hydroxylation is 1. The van der Waals surface area contributed by atoms with Crippen LogP contribution in [-0.2, 0) is 6.18 Å². The first-order valence-electron chi connectivity index (χ1n) is 10.7. The lowest BCUT2D eigenvalue weighted by atomic mass is 10.0. The van der Waals surface area contributed by atoms with E-state index in [1.807, 2.05) is 18.2 Å². The quantitative estimate of drug-likeness (QED) is 0.524. The van der Waals surface area contributed by atoms with Gasteiger partial charge in [0.2, 0.25) is 11.8 Å². The number of nitrogens with zero attached hydrogens (tertiary/aromatic N) is 2. The van der Waals surface area contributed by atoms with Gasteiger partial charge in [0.25, 0.3) is 0 Å². The Morgan fingerprint density at radius 2 is 1.78 bits per heavy atom. The number of aromatic nitrogens is 2. The minimum atomic E-state index is -4.57. The van der Waals surface area contributed by atoms with Gasteiger partial charge >= 0.3 is 12.2 Å². The van der Waals surface area contributed by atoms with Crippen molar-refractivity contribution < 1.29 is 27.4 Å². The average Bonchev–Trinajstić information content (AvgIpc) is 3.13. The molecular weight excluding hydrogens is 475 g/mol. The number of anilines is 2. The highest BCUT2D eigenvalue weighted by Gasteiger charge is 2.31. The van der Waals surface area contributed by atoms with Gasteiger partial charge in [0.1, 0.15) is 11.5 Å². The molecule has 2 amide bonds. The van der Waals surface area contributed by atoms with E-state index in [1.165, 1.54) is 7.11 Å². The van der Waals surface area contributed by atoms with E-state index >= 15 is 0 Å². The van der Waals surface area contributed by atoms with Crippen LogP contribution in [0, 0.1) is 6.92 Å². The van der Waals surface area contributed by atoms with Crippen molar-refractivity contribution in [3.63, 3.8) is 0 Å². The zero-order valence-electron chi connectivity index (χ0n) is 19.3. The van der Waals surface area contributed by atoms with Gasteiger partial charge in [-0.2, -0.15) is 18.2 Å². The van der Waals surface area contributed by atoms with E-state index in [0.29, 0.717) is 23.6 Å². The van der Waals surface area contributed by atoms with Gasteiger partial charge in [-0.1, -0.05) is 24.3 Å². The normalized spacial score (nSPS) is 14.9. The van der Waals surface area contributed by atoms with Crippen molar-refractivity contribution in [3.8, 4) is 11.6 Å². The molecule has 2 aliphatic carbocycles. The second kappa shape index (κ2) is 9.98. The van der Waals surface area contributed by atoms with Crippen LogP contribution >= 0.6 is 0 Å². The van der Waals surface area contributed by atoms with E-state index in [9.17, 15) is 18.0 Å². The smallest absolute Gasteiger partial charge is 0.416 e. The highest BCUT2D eigenvalue weighted by atomic mass is 19.4. The Labute approximate surface area is 204 Å². The van der Waals surface area contributed by atoms with E-state index in [-0.39, 0.29) is 23.3 Å². The van der Waals surface area contributed by atoms with E-state index in [0.717, 1.165) is 29.3 Å². The predicted octanol–water partition coefficient (Wildman–Crippen LogP) is 5.19. The van der Waals surface area contributed by atoms with Crippen molar-refractivity contribution in [1.29, 1.82) is 0 Å². The van der Waals surface area contributed by atoms with Crippen molar-refractivity contribution in [2.24, 2.45) is 0 Å². The Bertz CT molecular complexity index is 1340. The number of nitrogens with two attached hydrogens (primary N) is 1. The van der Waals surface area contributed by atoms with Crippen LogP contribution in [0.4, 0.5) is 29.6 Å². The first-order valence-corrected chi connectivity index (χ1v) is 10.7. The molecule has 0 saturated carbocycles. The van der Waals surface area contributed by atoms with Gasteiger partial charge in [-0.15, -0.1) is 0 Å². The van der Waals surface area contributed by atoms with E-state index in [1.54, 1.807) is 31.2 Å². The van der Waals surface area contributed by atoms with Crippen LogP contribution in [0.3, 0.4) is 0 Å². The first-order chi connectivity index (χ1) is 17.1. The summed E-state index contributed by atoms with van der Waals surface area (Å²) >= 11 is 0. The van der Waals surface area contributed by atoms with Gasteiger partial charge in [0.15, 0.2) is 0 Å². The molecular formula is C25H22F3N5O3. The third-order valence-corrected chi connectivity index (χ3v) is 5.24.